The van der Waals surface area contributed by atoms with E-state index in [4.69, 9.17) is 24.3 Å². The van der Waals surface area contributed by atoms with E-state index in [0.29, 0.717) is 6.42 Å². The third-order valence-corrected chi connectivity index (χ3v) is 13.8. The molecule has 0 aliphatic heterocycles. The number of hydrogen-bond acceptors (Lipinski definition) is 8. The van der Waals surface area contributed by atoms with E-state index in [0.717, 1.165) is 38.5 Å². The largest absolute Gasteiger partial charge is 0.472 e. The van der Waals surface area contributed by atoms with E-state index in [1.807, 2.05) is 0 Å². The fraction of sp³-hybridized carbons (Fsp3) is 0.895. The van der Waals surface area contributed by atoms with Crippen molar-refractivity contribution in [2.45, 2.75) is 302 Å². The van der Waals surface area contributed by atoms with Crippen molar-refractivity contribution in [3.05, 3.63) is 24.3 Å². The molecule has 0 fully saturated rings. The van der Waals surface area contributed by atoms with Gasteiger partial charge in [-0.25, -0.2) is 4.57 Å². The first-order chi connectivity index (χ1) is 32.8. The highest BCUT2D eigenvalue weighted by Gasteiger charge is 2.26. The zero-order valence-electron chi connectivity index (χ0n) is 44.2. The number of ether oxygens (including phenoxy) is 2. The van der Waals surface area contributed by atoms with Crippen LogP contribution in [0.1, 0.15) is 296 Å². The van der Waals surface area contributed by atoms with Crippen LogP contribution in [0.3, 0.4) is 0 Å². The Balaban J connectivity index is 3.70. The molecule has 0 saturated carbocycles. The zero-order valence-corrected chi connectivity index (χ0v) is 45.1. The summed E-state index contributed by atoms with van der Waals surface area (Å²) in [7, 11) is -4.37. The fourth-order valence-corrected chi connectivity index (χ4v) is 9.32. The first-order valence-electron chi connectivity index (χ1n) is 28.8. The molecule has 0 aromatic carbocycles. The SMILES string of the molecule is CCCCCCC/C=C\C/C=C\CCCCCCCCCCCCCCCCCCCCCCCCCCCC(=O)OC(COC(=O)CCCCCCCCCCC)COP(=O)(O)OCCN. The lowest BCUT2D eigenvalue weighted by Crippen LogP contribution is -2.29. The smallest absolute Gasteiger partial charge is 0.462 e. The summed E-state index contributed by atoms with van der Waals surface area (Å²) < 4.78 is 32.8. The number of allylic oxidation sites excluding steroid dienone is 4. The lowest BCUT2D eigenvalue weighted by atomic mass is 10.0. The number of rotatable bonds is 55. The Morgan fingerprint density at radius 2 is 0.776 bits per heavy atom. The number of nitrogens with two attached hydrogens (primary N) is 1. The maximum atomic E-state index is 12.6. The second-order valence-corrected chi connectivity index (χ2v) is 21.0. The molecule has 0 rings (SSSR count). The monoisotopic (exact) mass is 968 g/mol. The van der Waals surface area contributed by atoms with Crippen molar-refractivity contribution in [1.82, 2.24) is 0 Å². The highest BCUT2D eigenvalue weighted by Crippen LogP contribution is 2.43. The second-order valence-electron chi connectivity index (χ2n) is 19.5. The molecule has 67 heavy (non-hydrogen) atoms. The van der Waals surface area contributed by atoms with E-state index in [9.17, 15) is 19.0 Å². The van der Waals surface area contributed by atoms with Gasteiger partial charge in [-0.3, -0.25) is 18.6 Å². The molecule has 2 unspecified atom stereocenters. The molecule has 0 aromatic heterocycles. The Bertz CT molecular complexity index is 1150. The Labute approximate surface area is 414 Å². The normalized spacial score (nSPS) is 13.2. The summed E-state index contributed by atoms with van der Waals surface area (Å²) in [5.74, 6) is -0.816. The van der Waals surface area contributed by atoms with Crippen molar-refractivity contribution in [2.24, 2.45) is 5.73 Å². The predicted molar refractivity (Wildman–Crippen MR) is 284 cm³/mol. The van der Waals surface area contributed by atoms with E-state index in [1.54, 1.807) is 0 Å². The number of carbonyl (C=O) groups excluding carboxylic acids is 2. The summed E-state index contributed by atoms with van der Waals surface area (Å²) >= 11 is 0. The molecular weight excluding hydrogens is 858 g/mol. The number of hydrogen-bond donors (Lipinski definition) is 2. The Kier molecular flexibility index (Phi) is 52.6. The van der Waals surface area contributed by atoms with Gasteiger partial charge < -0.3 is 20.1 Å². The van der Waals surface area contributed by atoms with E-state index in [-0.39, 0.29) is 38.6 Å². The Hall–Kier alpha value is -1.51. The van der Waals surface area contributed by atoms with Gasteiger partial charge in [0.15, 0.2) is 6.10 Å². The third-order valence-electron chi connectivity index (χ3n) is 12.8. The molecular formula is C57H110NO8P. The van der Waals surface area contributed by atoms with Crippen LogP contribution in [0, 0.1) is 0 Å². The third kappa shape index (κ3) is 53.7. The lowest BCUT2D eigenvalue weighted by molar-refractivity contribution is -0.161. The molecule has 0 amide bonds. The van der Waals surface area contributed by atoms with Crippen LogP contribution in [-0.4, -0.2) is 49.3 Å². The average molecular weight is 968 g/mol. The summed E-state index contributed by atoms with van der Waals surface area (Å²) in [6, 6.07) is 0. The molecule has 0 bridgehead atoms. The standard InChI is InChI=1S/C57H110NO8P/c1-3-5-7-9-11-13-14-15-16-17-18-19-20-21-22-23-24-25-26-27-28-29-30-31-32-33-34-35-36-37-38-39-40-42-44-46-48-50-57(60)66-55(54-65-67(61,62)64-52-51-58)53-63-56(59)49-47-45-43-41-12-10-8-6-4-2/h14-15,17-18,55H,3-13,16,19-54,58H2,1-2H3,(H,61,62)/b15-14-,18-17-. The number of phosphoric ester groups is 1. The van der Waals surface area contributed by atoms with Gasteiger partial charge in [-0.15, -0.1) is 0 Å². The maximum Gasteiger partial charge on any atom is 0.472 e. The number of carbonyl (C=O) groups is 2. The molecule has 0 aliphatic rings. The van der Waals surface area contributed by atoms with Crippen molar-refractivity contribution in [3.8, 4) is 0 Å². The topological polar surface area (TPSA) is 134 Å². The molecule has 396 valence electrons. The van der Waals surface area contributed by atoms with Crippen LogP contribution in [0.2, 0.25) is 0 Å². The van der Waals surface area contributed by atoms with Crippen molar-refractivity contribution >= 4 is 19.8 Å². The maximum absolute atomic E-state index is 12.6. The lowest BCUT2D eigenvalue weighted by Gasteiger charge is -2.19. The van der Waals surface area contributed by atoms with Crippen molar-refractivity contribution < 1.29 is 37.6 Å². The number of unbranched alkanes of at least 4 members (excludes halogenated alkanes) is 38. The van der Waals surface area contributed by atoms with Gasteiger partial charge in [0.1, 0.15) is 6.61 Å². The van der Waals surface area contributed by atoms with Gasteiger partial charge in [0.05, 0.1) is 13.2 Å². The van der Waals surface area contributed by atoms with Crippen LogP contribution in [0.15, 0.2) is 24.3 Å². The highest BCUT2D eigenvalue weighted by molar-refractivity contribution is 7.47. The van der Waals surface area contributed by atoms with Gasteiger partial charge in [0.25, 0.3) is 0 Å². The van der Waals surface area contributed by atoms with Crippen molar-refractivity contribution in [1.29, 1.82) is 0 Å². The fourth-order valence-electron chi connectivity index (χ4n) is 8.55. The van der Waals surface area contributed by atoms with Crippen LogP contribution in [0.5, 0.6) is 0 Å². The highest BCUT2D eigenvalue weighted by atomic mass is 31.2. The molecule has 2 atom stereocenters. The van der Waals surface area contributed by atoms with E-state index < -0.39 is 26.5 Å². The van der Waals surface area contributed by atoms with Crippen LogP contribution in [0.4, 0.5) is 0 Å². The van der Waals surface area contributed by atoms with Crippen LogP contribution in [0.25, 0.3) is 0 Å². The Morgan fingerprint density at radius 3 is 1.13 bits per heavy atom. The molecule has 9 nitrogen and oxygen atoms in total. The van der Waals surface area contributed by atoms with Gasteiger partial charge in [-0.2, -0.15) is 0 Å². The minimum absolute atomic E-state index is 0.0568. The van der Waals surface area contributed by atoms with Gasteiger partial charge in [0.2, 0.25) is 0 Å². The predicted octanol–water partition coefficient (Wildman–Crippen LogP) is 17.9. The summed E-state index contributed by atoms with van der Waals surface area (Å²) in [5.41, 5.74) is 5.36. The van der Waals surface area contributed by atoms with E-state index in [2.05, 4.69) is 38.2 Å². The Morgan fingerprint density at radius 1 is 0.448 bits per heavy atom. The first-order valence-corrected chi connectivity index (χ1v) is 30.3. The molecule has 0 radical (unpaired) electrons. The molecule has 0 saturated heterocycles. The van der Waals surface area contributed by atoms with Crippen molar-refractivity contribution in [3.63, 3.8) is 0 Å². The minimum Gasteiger partial charge on any atom is -0.462 e. The molecule has 0 heterocycles. The second kappa shape index (κ2) is 53.8. The summed E-state index contributed by atoms with van der Waals surface area (Å²) in [4.78, 5) is 34.9. The quantitative estimate of drug-likeness (QED) is 0.0264. The van der Waals surface area contributed by atoms with Gasteiger partial charge in [0, 0.05) is 19.4 Å². The van der Waals surface area contributed by atoms with E-state index >= 15 is 0 Å². The molecule has 0 spiro atoms. The van der Waals surface area contributed by atoms with Gasteiger partial charge >= 0.3 is 19.8 Å². The average Bonchev–Trinajstić information content (AvgIpc) is 3.32. The van der Waals surface area contributed by atoms with Crippen LogP contribution in [-0.2, 0) is 32.7 Å². The van der Waals surface area contributed by atoms with Gasteiger partial charge in [-0.05, 0) is 44.9 Å². The summed E-state index contributed by atoms with van der Waals surface area (Å²) in [5, 5.41) is 0. The molecule has 10 heteroatoms. The zero-order chi connectivity index (χ0) is 48.8. The molecule has 0 aliphatic carbocycles. The summed E-state index contributed by atoms with van der Waals surface area (Å²) in [6.07, 6.45) is 62.8. The summed E-state index contributed by atoms with van der Waals surface area (Å²) in [6.45, 7) is 3.74. The number of phosphoric acid groups is 1. The van der Waals surface area contributed by atoms with Crippen LogP contribution < -0.4 is 5.73 Å². The van der Waals surface area contributed by atoms with Gasteiger partial charge in [-0.1, -0.05) is 263 Å². The molecule has 3 N–H and O–H groups in total. The van der Waals surface area contributed by atoms with E-state index in [1.165, 1.54) is 225 Å². The number of esters is 2. The molecule has 0 aromatic rings. The first kappa shape index (κ1) is 65.5. The van der Waals surface area contributed by atoms with Crippen LogP contribution >= 0.6 is 7.82 Å². The minimum atomic E-state index is -4.37. The van der Waals surface area contributed by atoms with Crippen molar-refractivity contribution in [2.75, 3.05) is 26.4 Å².